The molecule has 0 aromatic rings. The van der Waals surface area contributed by atoms with Gasteiger partial charge in [0.1, 0.15) is 6.04 Å². The first-order valence-electron chi connectivity index (χ1n) is 6.74. The van der Waals surface area contributed by atoms with Crippen LogP contribution < -0.4 is 5.32 Å². The van der Waals surface area contributed by atoms with Gasteiger partial charge in [-0.15, -0.1) is 0 Å². The van der Waals surface area contributed by atoms with Gasteiger partial charge in [0.05, 0.1) is 6.61 Å². The molecule has 0 bridgehead atoms. The number of ether oxygens (including phenoxy) is 1. The normalized spacial score (nSPS) is 21.4. The Morgan fingerprint density at radius 3 is 2.94 bits per heavy atom. The molecular formula is C13H25NO2. The number of hydrogen-bond acceptors (Lipinski definition) is 3. The van der Waals surface area contributed by atoms with Gasteiger partial charge in [0.25, 0.3) is 0 Å². The monoisotopic (exact) mass is 227 g/mol. The summed E-state index contributed by atoms with van der Waals surface area (Å²) in [6, 6.07) is -0.0475. The van der Waals surface area contributed by atoms with Gasteiger partial charge in [0, 0.05) is 0 Å². The van der Waals surface area contributed by atoms with Crippen molar-refractivity contribution in [2.75, 3.05) is 13.2 Å². The quantitative estimate of drug-likeness (QED) is 0.560. The van der Waals surface area contributed by atoms with Crippen molar-refractivity contribution in [1.29, 1.82) is 0 Å². The van der Waals surface area contributed by atoms with Crippen molar-refractivity contribution in [2.45, 2.75) is 64.3 Å². The van der Waals surface area contributed by atoms with E-state index in [-0.39, 0.29) is 12.0 Å². The van der Waals surface area contributed by atoms with E-state index in [0.29, 0.717) is 6.61 Å². The van der Waals surface area contributed by atoms with E-state index in [0.717, 1.165) is 25.8 Å². The predicted octanol–water partition coefficient (Wildman–Crippen LogP) is 2.64. The summed E-state index contributed by atoms with van der Waals surface area (Å²) >= 11 is 0. The van der Waals surface area contributed by atoms with Crippen molar-refractivity contribution in [1.82, 2.24) is 5.32 Å². The fraction of sp³-hybridized carbons (Fsp3) is 0.923. The Labute approximate surface area is 98.9 Å². The molecule has 1 aliphatic rings. The topological polar surface area (TPSA) is 38.3 Å². The molecule has 1 atom stereocenters. The van der Waals surface area contributed by atoms with Gasteiger partial charge in [-0.05, 0) is 25.8 Å². The third-order valence-corrected chi connectivity index (χ3v) is 3.09. The smallest absolute Gasteiger partial charge is 0.323 e. The van der Waals surface area contributed by atoms with Gasteiger partial charge < -0.3 is 10.1 Å². The lowest BCUT2D eigenvalue weighted by Crippen LogP contribution is -2.37. The van der Waals surface area contributed by atoms with Gasteiger partial charge in [-0.25, -0.2) is 0 Å². The number of hydrogen-bond donors (Lipinski definition) is 1. The summed E-state index contributed by atoms with van der Waals surface area (Å²) in [5.74, 6) is -0.0431. The molecule has 16 heavy (non-hydrogen) atoms. The number of esters is 1. The highest BCUT2D eigenvalue weighted by molar-refractivity contribution is 5.75. The van der Waals surface area contributed by atoms with E-state index in [1.54, 1.807) is 0 Å². The van der Waals surface area contributed by atoms with Crippen molar-refractivity contribution in [2.24, 2.45) is 0 Å². The molecule has 0 aliphatic carbocycles. The molecule has 0 aromatic carbocycles. The van der Waals surface area contributed by atoms with E-state index in [9.17, 15) is 4.79 Å². The number of unbranched alkanes of at least 4 members (excludes halogenated alkanes) is 3. The number of rotatable bonds is 6. The van der Waals surface area contributed by atoms with Crippen LogP contribution in [0.2, 0.25) is 0 Å². The van der Waals surface area contributed by atoms with E-state index in [1.807, 2.05) is 0 Å². The zero-order valence-electron chi connectivity index (χ0n) is 10.5. The third kappa shape index (κ3) is 5.50. The summed E-state index contributed by atoms with van der Waals surface area (Å²) < 4.78 is 5.28. The van der Waals surface area contributed by atoms with E-state index in [2.05, 4.69) is 12.2 Å². The molecule has 0 spiro atoms. The number of nitrogens with one attached hydrogen (secondary N) is 1. The van der Waals surface area contributed by atoms with Crippen LogP contribution in [-0.2, 0) is 9.53 Å². The molecule has 1 saturated heterocycles. The standard InChI is InChI=1S/C13H25NO2/c1-2-3-4-8-11-16-13(15)12-9-6-5-7-10-14-12/h12,14H,2-11H2,1H3. The Bertz CT molecular complexity index is 186. The van der Waals surface area contributed by atoms with Gasteiger partial charge in [-0.1, -0.05) is 39.0 Å². The van der Waals surface area contributed by atoms with Gasteiger partial charge in [-0.2, -0.15) is 0 Å². The zero-order valence-corrected chi connectivity index (χ0v) is 10.5. The Kier molecular flexibility index (Phi) is 7.23. The molecule has 1 heterocycles. The maximum absolute atomic E-state index is 11.7. The lowest BCUT2D eigenvalue weighted by atomic mass is 10.1. The Morgan fingerprint density at radius 2 is 2.12 bits per heavy atom. The molecule has 94 valence electrons. The predicted molar refractivity (Wildman–Crippen MR) is 65.4 cm³/mol. The SMILES string of the molecule is CCCCCCOC(=O)C1CCCCCN1. The fourth-order valence-electron chi connectivity index (χ4n) is 2.03. The highest BCUT2D eigenvalue weighted by Crippen LogP contribution is 2.10. The Morgan fingerprint density at radius 1 is 1.25 bits per heavy atom. The minimum Gasteiger partial charge on any atom is -0.465 e. The summed E-state index contributed by atoms with van der Waals surface area (Å²) in [4.78, 5) is 11.7. The minimum atomic E-state index is -0.0475. The molecule has 0 aromatic heterocycles. The van der Waals surface area contributed by atoms with Gasteiger partial charge in [0.2, 0.25) is 0 Å². The van der Waals surface area contributed by atoms with Crippen LogP contribution >= 0.6 is 0 Å². The van der Waals surface area contributed by atoms with E-state index >= 15 is 0 Å². The van der Waals surface area contributed by atoms with Crippen LogP contribution in [0.1, 0.15) is 58.3 Å². The van der Waals surface area contributed by atoms with Crippen molar-refractivity contribution in [3.05, 3.63) is 0 Å². The largest absolute Gasteiger partial charge is 0.465 e. The highest BCUT2D eigenvalue weighted by atomic mass is 16.5. The van der Waals surface area contributed by atoms with Crippen LogP contribution in [0, 0.1) is 0 Å². The van der Waals surface area contributed by atoms with Crippen LogP contribution in [-0.4, -0.2) is 25.2 Å². The van der Waals surface area contributed by atoms with Crippen molar-refractivity contribution >= 4 is 5.97 Å². The molecule has 0 amide bonds. The summed E-state index contributed by atoms with van der Waals surface area (Å²) in [5.41, 5.74) is 0. The summed E-state index contributed by atoms with van der Waals surface area (Å²) in [5, 5.41) is 3.26. The molecule has 3 heteroatoms. The van der Waals surface area contributed by atoms with E-state index in [1.165, 1.54) is 32.1 Å². The lowest BCUT2D eigenvalue weighted by molar-refractivity contribution is -0.146. The molecule has 1 fully saturated rings. The van der Waals surface area contributed by atoms with Crippen LogP contribution in [0.25, 0.3) is 0 Å². The first-order chi connectivity index (χ1) is 7.84. The average molecular weight is 227 g/mol. The lowest BCUT2D eigenvalue weighted by Gasteiger charge is -2.14. The highest BCUT2D eigenvalue weighted by Gasteiger charge is 2.20. The summed E-state index contributed by atoms with van der Waals surface area (Å²) in [6.45, 7) is 3.73. The van der Waals surface area contributed by atoms with Gasteiger partial charge in [-0.3, -0.25) is 4.79 Å². The molecule has 0 radical (unpaired) electrons. The van der Waals surface area contributed by atoms with Crippen molar-refractivity contribution in [3.63, 3.8) is 0 Å². The van der Waals surface area contributed by atoms with Crippen LogP contribution in [0.5, 0.6) is 0 Å². The first-order valence-corrected chi connectivity index (χ1v) is 6.74. The first kappa shape index (κ1) is 13.5. The second-order valence-electron chi connectivity index (χ2n) is 4.58. The Hall–Kier alpha value is -0.570. The average Bonchev–Trinajstić information content (AvgIpc) is 2.57. The zero-order chi connectivity index (χ0) is 11.6. The summed E-state index contributed by atoms with van der Waals surface area (Å²) in [7, 11) is 0. The van der Waals surface area contributed by atoms with E-state index in [4.69, 9.17) is 4.74 Å². The molecule has 1 unspecified atom stereocenters. The minimum absolute atomic E-state index is 0.0431. The number of carbonyl (C=O) groups is 1. The molecule has 1 N–H and O–H groups in total. The van der Waals surface area contributed by atoms with Crippen molar-refractivity contribution < 1.29 is 9.53 Å². The van der Waals surface area contributed by atoms with E-state index < -0.39 is 0 Å². The molecule has 0 saturated carbocycles. The second kappa shape index (κ2) is 8.57. The van der Waals surface area contributed by atoms with Gasteiger partial charge >= 0.3 is 5.97 Å². The molecule has 1 aliphatic heterocycles. The van der Waals surface area contributed by atoms with Crippen LogP contribution in [0.4, 0.5) is 0 Å². The maximum atomic E-state index is 11.7. The molecule has 1 rings (SSSR count). The number of carbonyl (C=O) groups excluding carboxylic acids is 1. The summed E-state index contributed by atoms with van der Waals surface area (Å²) in [6.07, 6.45) is 9.12. The molecular weight excluding hydrogens is 202 g/mol. The maximum Gasteiger partial charge on any atom is 0.323 e. The molecule has 3 nitrogen and oxygen atoms in total. The third-order valence-electron chi connectivity index (χ3n) is 3.09. The Balaban J connectivity index is 2.08. The van der Waals surface area contributed by atoms with Gasteiger partial charge in [0.15, 0.2) is 0 Å². The second-order valence-corrected chi connectivity index (χ2v) is 4.58. The van der Waals surface area contributed by atoms with Crippen LogP contribution in [0.3, 0.4) is 0 Å². The fourth-order valence-corrected chi connectivity index (χ4v) is 2.03. The van der Waals surface area contributed by atoms with Crippen molar-refractivity contribution in [3.8, 4) is 0 Å². The van der Waals surface area contributed by atoms with Crippen LogP contribution in [0.15, 0.2) is 0 Å².